The highest BCUT2D eigenvalue weighted by atomic mass is 35.5. The van der Waals surface area contributed by atoms with Gasteiger partial charge in [0.1, 0.15) is 10.8 Å². The summed E-state index contributed by atoms with van der Waals surface area (Å²) in [5, 5.41) is 3.11. The Bertz CT molecular complexity index is 1050. The predicted octanol–water partition coefficient (Wildman–Crippen LogP) is 3.60. The molecule has 13 heteroatoms. The van der Waals surface area contributed by atoms with Gasteiger partial charge < -0.3 is 14.8 Å². The average molecular weight is 473 g/mol. The molecule has 3 amide bonds. The maximum absolute atomic E-state index is 12.7. The van der Waals surface area contributed by atoms with E-state index in [1.165, 1.54) is 31.4 Å². The molecular formula is C19H16ClF3N4O5. The minimum atomic E-state index is -4.60. The number of hydrazine groups is 1. The second-order valence-electron chi connectivity index (χ2n) is 6.64. The minimum Gasteiger partial charge on any atom is -0.469 e. The lowest BCUT2D eigenvalue weighted by molar-refractivity contribution is -0.151. The molecule has 1 atom stereocenters. The molecule has 9 nitrogen and oxygen atoms in total. The highest BCUT2D eigenvalue weighted by Gasteiger charge is 2.34. The molecule has 0 aliphatic carbocycles. The number of halogens is 4. The first kappa shape index (κ1) is 23.1. The van der Waals surface area contributed by atoms with Gasteiger partial charge in [0.15, 0.2) is 0 Å². The van der Waals surface area contributed by atoms with E-state index >= 15 is 0 Å². The Morgan fingerprint density at radius 2 is 2.06 bits per heavy atom. The number of ether oxygens (including phenoxy) is 2. The smallest absolute Gasteiger partial charge is 0.417 e. The van der Waals surface area contributed by atoms with E-state index in [2.05, 4.69) is 20.5 Å². The van der Waals surface area contributed by atoms with Crippen LogP contribution in [0.5, 0.6) is 11.6 Å². The lowest BCUT2D eigenvalue weighted by Gasteiger charge is -2.31. The van der Waals surface area contributed by atoms with Gasteiger partial charge >= 0.3 is 18.2 Å². The van der Waals surface area contributed by atoms with Crippen LogP contribution >= 0.6 is 11.6 Å². The predicted molar refractivity (Wildman–Crippen MR) is 105 cm³/mol. The van der Waals surface area contributed by atoms with Crippen LogP contribution < -0.4 is 15.5 Å². The number of aromatic nitrogens is 1. The van der Waals surface area contributed by atoms with E-state index in [1.807, 2.05) is 0 Å². The van der Waals surface area contributed by atoms with Crippen molar-refractivity contribution >= 4 is 35.2 Å². The molecule has 1 fully saturated rings. The Morgan fingerprint density at radius 3 is 2.72 bits per heavy atom. The molecule has 32 heavy (non-hydrogen) atoms. The van der Waals surface area contributed by atoms with Crippen molar-refractivity contribution < 1.29 is 37.0 Å². The van der Waals surface area contributed by atoms with Crippen molar-refractivity contribution in [1.29, 1.82) is 0 Å². The number of alkyl halides is 3. The monoisotopic (exact) mass is 472 g/mol. The number of hydrogen-bond donors (Lipinski definition) is 2. The van der Waals surface area contributed by atoms with Gasteiger partial charge in [-0.2, -0.15) is 13.2 Å². The Labute approximate surface area is 184 Å². The van der Waals surface area contributed by atoms with Crippen LogP contribution in [-0.2, 0) is 20.5 Å². The number of carbonyl (C=O) groups excluding carboxylic acids is 3. The molecule has 2 aromatic rings. The molecule has 0 spiro atoms. The van der Waals surface area contributed by atoms with Crippen molar-refractivity contribution in [3.05, 3.63) is 47.1 Å². The molecule has 1 aliphatic rings. The Balaban J connectivity index is 1.69. The molecule has 0 radical (unpaired) electrons. The number of anilines is 1. The van der Waals surface area contributed by atoms with E-state index in [0.29, 0.717) is 12.3 Å². The fraction of sp³-hybridized carbons (Fsp3) is 0.263. The zero-order chi connectivity index (χ0) is 23.5. The summed E-state index contributed by atoms with van der Waals surface area (Å²) in [5.74, 6) is -2.07. The number of rotatable bonds is 4. The number of hydrogen-bond acceptors (Lipinski definition) is 6. The number of methoxy groups -OCH3 is 1. The SMILES string of the molecule is COC(=O)C1CC(=O)NN(C(=O)Nc2cccc(Oc3ncc(C(F)(F)F)cc3Cl)c2)C1. The Kier molecular flexibility index (Phi) is 6.72. The van der Waals surface area contributed by atoms with Crippen molar-refractivity contribution in [3.63, 3.8) is 0 Å². The van der Waals surface area contributed by atoms with Gasteiger partial charge in [-0.15, -0.1) is 0 Å². The van der Waals surface area contributed by atoms with Gasteiger partial charge in [-0.3, -0.25) is 15.0 Å². The molecule has 1 aliphatic heterocycles. The average Bonchev–Trinajstić information content (AvgIpc) is 2.73. The van der Waals surface area contributed by atoms with E-state index in [-0.39, 0.29) is 35.3 Å². The topological polar surface area (TPSA) is 110 Å². The maximum atomic E-state index is 12.7. The van der Waals surface area contributed by atoms with Crippen molar-refractivity contribution in [3.8, 4) is 11.6 Å². The first-order valence-electron chi connectivity index (χ1n) is 9.03. The number of pyridine rings is 1. The second-order valence-corrected chi connectivity index (χ2v) is 7.05. The van der Waals surface area contributed by atoms with Crippen molar-refractivity contribution in [1.82, 2.24) is 15.4 Å². The van der Waals surface area contributed by atoms with Crippen LogP contribution in [0.4, 0.5) is 23.7 Å². The van der Waals surface area contributed by atoms with Crippen LogP contribution in [0.2, 0.25) is 5.02 Å². The molecule has 0 saturated carbocycles. The summed E-state index contributed by atoms with van der Waals surface area (Å²) in [5.41, 5.74) is 1.57. The maximum Gasteiger partial charge on any atom is 0.417 e. The van der Waals surface area contributed by atoms with E-state index in [9.17, 15) is 27.6 Å². The summed E-state index contributed by atoms with van der Waals surface area (Å²) in [6.07, 6.45) is -4.12. The summed E-state index contributed by atoms with van der Waals surface area (Å²) >= 11 is 5.83. The molecule has 2 N–H and O–H groups in total. The van der Waals surface area contributed by atoms with Crippen LogP contribution in [0.15, 0.2) is 36.5 Å². The highest BCUT2D eigenvalue weighted by molar-refractivity contribution is 6.31. The fourth-order valence-electron chi connectivity index (χ4n) is 2.80. The molecule has 2 heterocycles. The van der Waals surface area contributed by atoms with E-state index in [0.717, 1.165) is 5.01 Å². The van der Waals surface area contributed by atoms with Gasteiger partial charge in [0.05, 0.1) is 25.1 Å². The molecule has 3 rings (SSSR count). The first-order chi connectivity index (χ1) is 15.1. The van der Waals surface area contributed by atoms with Gasteiger partial charge in [0.2, 0.25) is 11.8 Å². The van der Waals surface area contributed by atoms with Crippen molar-refractivity contribution in [2.24, 2.45) is 5.92 Å². The quantitative estimate of drug-likeness (QED) is 0.658. The fourth-order valence-corrected chi connectivity index (χ4v) is 3.01. The van der Waals surface area contributed by atoms with Crippen molar-refractivity contribution in [2.75, 3.05) is 19.0 Å². The Hall–Kier alpha value is -3.54. The molecule has 0 bridgehead atoms. The zero-order valence-electron chi connectivity index (χ0n) is 16.4. The van der Waals surface area contributed by atoms with Gasteiger partial charge in [-0.05, 0) is 18.2 Å². The summed E-state index contributed by atoms with van der Waals surface area (Å²) in [7, 11) is 1.18. The van der Waals surface area contributed by atoms with Gasteiger partial charge in [-0.25, -0.2) is 14.8 Å². The third-order valence-electron chi connectivity index (χ3n) is 4.31. The number of amides is 3. The molecule has 1 unspecified atom stereocenters. The lowest BCUT2D eigenvalue weighted by atomic mass is 10.0. The third kappa shape index (κ3) is 5.58. The number of carbonyl (C=O) groups is 3. The molecule has 1 saturated heterocycles. The van der Waals surface area contributed by atoms with E-state index < -0.39 is 35.6 Å². The summed E-state index contributed by atoms with van der Waals surface area (Å²) in [4.78, 5) is 39.6. The number of nitrogens with zero attached hydrogens (tertiary/aromatic N) is 2. The number of esters is 1. The van der Waals surface area contributed by atoms with Crippen LogP contribution in [0.25, 0.3) is 0 Å². The highest BCUT2D eigenvalue weighted by Crippen LogP contribution is 2.35. The first-order valence-corrected chi connectivity index (χ1v) is 9.41. The number of benzene rings is 1. The van der Waals surface area contributed by atoms with Crippen LogP contribution in [0.3, 0.4) is 0 Å². The van der Waals surface area contributed by atoms with Crippen LogP contribution in [0.1, 0.15) is 12.0 Å². The van der Waals surface area contributed by atoms with Crippen LogP contribution in [0, 0.1) is 5.92 Å². The van der Waals surface area contributed by atoms with E-state index in [1.54, 1.807) is 0 Å². The van der Waals surface area contributed by atoms with E-state index in [4.69, 9.17) is 16.3 Å². The molecule has 1 aromatic carbocycles. The van der Waals surface area contributed by atoms with Gasteiger partial charge in [0, 0.05) is 24.4 Å². The summed E-state index contributed by atoms with van der Waals surface area (Å²) < 4.78 is 48.2. The standard InChI is InChI=1S/C19H16ClF3N4O5/c1-31-17(29)10-5-15(28)26-27(9-10)18(30)25-12-3-2-4-13(7-12)32-16-14(20)6-11(8-24-16)19(21,22)23/h2-4,6-8,10H,5,9H2,1H3,(H,25,30)(H,26,28). The largest absolute Gasteiger partial charge is 0.469 e. The number of nitrogens with one attached hydrogen (secondary N) is 2. The zero-order valence-corrected chi connectivity index (χ0v) is 17.2. The molecule has 1 aromatic heterocycles. The van der Waals surface area contributed by atoms with Crippen molar-refractivity contribution in [2.45, 2.75) is 12.6 Å². The normalized spacial score (nSPS) is 16.2. The molecule has 170 valence electrons. The van der Waals surface area contributed by atoms with Crippen LogP contribution in [-0.4, -0.2) is 41.6 Å². The van der Waals surface area contributed by atoms with Gasteiger partial charge in [0.25, 0.3) is 0 Å². The third-order valence-corrected chi connectivity index (χ3v) is 4.58. The minimum absolute atomic E-state index is 0.0917. The molecular weight excluding hydrogens is 457 g/mol. The second kappa shape index (κ2) is 9.30. The number of urea groups is 1. The summed E-state index contributed by atoms with van der Waals surface area (Å²) in [6.45, 7) is -0.0917. The lowest BCUT2D eigenvalue weighted by Crippen LogP contribution is -2.56. The van der Waals surface area contributed by atoms with Gasteiger partial charge in [-0.1, -0.05) is 17.7 Å². The summed E-state index contributed by atoms with van der Waals surface area (Å²) in [6, 6.07) is 5.82. The Morgan fingerprint density at radius 1 is 1.31 bits per heavy atom.